The Hall–Kier alpha value is -3.41. The average Bonchev–Trinajstić information content (AvgIpc) is 3.43. The van der Waals surface area contributed by atoms with Crippen LogP contribution in [0.15, 0.2) is 54.2 Å². The maximum Gasteiger partial charge on any atom is 0.158 e. The number of benzene rings is 2. The molecule has 0 saturated carbocycles. The lowest BCUT2D eigenvalue weighted by Crippen LogP contribution is -2.40. The summed E-state index contributed by atoms with van der Waals surface area (Å²) >= 11 is 1.46. The lowest BCUT2D eigenvalue weighted by molar-refractivity contribution is -0.0102. The van der Waals surface area contributed by atoms with Gasteiger partial charge in [-0.1, -0.05) is 25.1 Å². The molecular formula is C22H16FN5OS. The molecule has 0 bridgehead atoms. The van der Waals surface area contributed by atoms with Crippen molar-refractivity contribution in [3.8, 4) is 28.7 Å². The minimum absolute atomic E-state index is 0.202. The predicted octanol–water partition coefficient (Wildman–Crippen LogP) is 4.08. The van der Waals surface area contributed by atoms with Gasteiger partial charge in [-0.3, -0.25) is 0 Å². The predicted molar refractivity (Wildman–Crippen MR) is 110 cm³/mol. The molecule has 0 spiro atoms. The summed E-state index contributed by atoms with van der Waals surface area (Å²) in [6.45, 7) is 2.12. The number of halogens is 1. The number of fused-ring (bicyclic) bond motifs is 3. The molecule has 0 saturated heterocycles. The number of rotatable bonds is 3. The lowest BCUT2D eigenvalue weighted by atomic mass is 9.78. The van der Waals surface area contributed by atoms with E-state index in [2.05, 4.69) is 16.2 Å². The fourth-order valence-electron chi connectivity index (χ4n) is 3.89. The molecule has 1 aliphatic heterocycles. The molecule has 30 heavy (non-hydrogen) atoms. The smallest absolute Gasteiger partial charge is 0.158 e. The van der Waals surface area contributed by atoms with Crippen LogP contribution in [0.1, 0.15) is 29.0 Å². The van der Waals surface area contributed by atoms with Crippen LogP contribution in [0.5, 0.6) is 0 Å². The summed E-state index contributed by atoms with van der Waals surface area (Å²) in [4.78, 5) is 8.98. The fourth-order valence-corrected chi connectivity index (χ4v) is 4.86. The molecular weight excluding hydrogens is 401 g/mol. The molecule has 6 nitrogen and oxygen atoms in total. The van der Waals surface area contributed by atoms with E-state index >= 15 is 0 Å². The molecule has 3 heterocycles. The summed E-state index contributed by atoms with van der Waals surface area (Å²) in [6.07, 6.45) is 1.41. The van der Waals surface area contributed by atoms with E-state index in [-0.39, 0.29) is 12.5 Å². The SMILES string of the molecule is C[C@@H](c1nc(-c2ccc(C#N)cc2)cs1)[C@]1(O)Cn2ncnc2-c2cc(F)ccc21. The molecule has 0 fully saturated rings. The summed E-state index contributed by atoms with van der Waals surface area (Å²) < 4.78 is 15.6. The average molecular weight is 417 g/mol. The molecule has 8 heteroatoms. The first kappa shape index (κ1) is 18.6. The van der Waals surface area contributed by atoms with E-state index in [0.717, 1.165) is 16.3 Å². The van der Waals surface area contributed by atoms with Crippen LogP contribution in [0.4, 0.5) is 4.39 Å². The van der Waals surface area contributed by atoms with Gasteiger partial charge in [0, 0.05) is 22.4 Å². The largest absolute Gasteiger partial charge is 0.382 e. The van der Waals surface area contributed by atoms with E-state index in [9.17, 15) is 9.50 Å². The van der Waals surface area contributed by atoms with Gasteiger partial charge in [-0.25, -0.2) is 19.0 Å². The van der Waals surface area contributed by atoms with Crippen LogP contribution < -0.4 is 0 Å². The van der Waals surface area contributed by atoms with Gasteiger partial charge in [0.25, 0.3) is 0 Å². The Morgan fingerprint density at radius 2 is 2.07 bits per heavy atom. The van der Waals surface area contributed by atoms with Crippen LogP contribution in [0, 0.1) is 17.1 Å². The number of aromatic nitrogens is 4. The third-order valence-corrected chi connectivity index (χ3v) is 6.64. The minimum Gasteiger partial charge on any atom is -0.382 e. The normalized spacial score (nSPS) is 18.3. The zero-order chi connectivity index (χ0) is 20.9. The number of aliphatic hydroxyl groups is 1. The fraction of sp³-hybridized carbons (Fsp3) is 0.182. The highest BCUT2D eigenvalue weighted by atomic mass is 32.1. The molecule has 2 atom stereocenters. The standard InChI is InChI=1S/C22H16FN5OS/c1-13(21-27-19(10-30-21)15-4-2-14(9-24)3-5-15)22(29)11-28-20(25-12-26-28)17-8-16(23)6-7-18(17)22/h2-8,10,12-13,29H,11H2,1H3/t13-,22+/m0/s1. The van der Waals surface area contributed by atoms with Gasteiger partial charge in [-0.15, -0.1) is 11.3 Å². The Balaban J connectivity index is 1.55. The van der Waals surface area contributed by atoms with E-state index < -0.39 is 11.4 Å². The van der Waals surface area contributed by atoms with Crippen molar-refractivity contribution in [3.63, 3.8) is 0 Å². The van der Waals surface area contributed by atoms with Crippen molar-refractivity contribution >= 4 is 11.3 Å². The van der Waals surface area contributed by atoms with Gasteiger partial charge in [0.15, 0.2) is 5.82 Å². The van der Waals surface area contributed by atoms with Crippen molar-refractivity contribution in [1.82, 2.24) is 19.7 Å². The first-order valence-corrected chi connectivity index (χ1v) is 10.2. The molecule has 1 N–H and O–H groups in total. The van der Waals surface area contributed by atoms with E-state index in [4.69, 9.17) is 10.2 Å². The van der Waals surface area contributed by atoms with Gasteiger partial charge >= 0.3 is 0 Å². The highest BCUT2D eigenvalue weighted by Gasteiger charge is 2.44. The minimum atomic E-state index is -1.32. The number of thiazole rings is 1. The molecule has 0 aliphatic carbocycles. The van der Waals surface area contributed by atoms with Crippen molar-refractivity contribution in [2.24, 2.45) is 0 Å². The molecule has 5 rings (SSSR count). The monoisotopic (exact) mass is 417 g/mol. The van der Waals surface area contributed by atoms with Crippen LogP contribution in [-0.4, -0.2) is 24.9 Å². The van der Waals surface area contributed by atoms with Gasteiger partial charge in [-0.2, -0.15) is 10.4 Å². The Labute approximate surface area is 175 Å². The van der Waals surface area contributed by atoms with Gasteiger partial charge < -0.3 is 5.11 Å². The highest BCUT2D eigenvalue weighted by Crippen LogP contribution is 2.46. The Morgan fingerprint density at radius 1 is 1.27 bits per heavy atom. The topological polar surface area (TPSA) is 87.6 Å². The van der Waals surface area contributed by atoms with Gasteiger partial charge in [0.05, 0.1) is 28.9 Å². The van der Waals surface area contributed by atoms with Gasteiger partial charge in [-0.05, 0) is 29.8 Å². The molecule has 2 aromatic carbocycles. The van der Waals surface area contributed by atoms with E-state index in [0.29, 0.717) is 22.5 Å². The maximum absolute atomic E-state index is 13.9. The molecule has 2 aromatic heterocycles. The lowest BCUT2D eigenvalue weighted by Gasteiger charge is -2.38. The summed E-state index contributed by atoms with van der Waals surface area (Å²) in [5, 5.41) is 27.6. The van der Waals surface area contributed by atoms with Crippen LogP contribution in [-0.2, 0) is 12.1 Å². The Morgan fingerprint density at radius 3 is 2.83 bits per heavy atom. The Bertz CT molecular complexity index is 1290. The number of nitriles is 1. The quantitative estimate of drug-likeness (QED) is 0.543. The molecule has 4 aromatic rings. The third kappa shape index (κ3) is 2.83. The highest BCUT2D eigenvalue weighted by molar-refractivity contribution is 7.10. The van der Waals surface area contributed by atoms with Crippen molar-refractivity contribution in [1.29, 1.82) is 5.26 Å². The molecule has 0 unspecified atom stereocenters. The summed E-state index contributed by atoms with van der Waals surface area (Å²) in [5.41, 5.74) is 2.12. The zero-order valence-electron chi connectivity index (χ0n) is 16.0. The first-order chi connectivity index (χ1) is 14.5. The van der Waals surface area contributed by atoms with Crippen molar-refractivity contribution in [3.05, 3.63) is 76.1 Å². The van der Waals surface area contributed by atoms with Crippen LogP contribution >= 0.6 is 11.3 Å². The second kappa shape index (κ2) is 6.83. The van der Waals surface area contributed by atoms with E-state index in [1.807, 2.05) is 24.4 Å². The van der Waals surface area contributed by atoms with E-state index in [1.165, 1.54) is 29.8 Å². The Kier molecular flexibility index (Phi) is 4.24. The molecule has 148 valence electrons. The number of nitrogens with zero attached hydrogens (tertiary/aromatic N) is 5. The number of hydrogen-bond acceptors (Lipinski definition) is 6. The van der Waals surface area contributed by atoms with E-state index in [1.54, 1.807) is 22.9 Å². The molecule has 1 aliphatic rings. The van der Waals surface area contributed by atoms with Crippen LogP contribution in [0.2, 0.25) is 0 Å². The summed E-state index contributed by atoms with van der Waals surface area (Å²) in [5.74, 6) is -0.215. The number of hydrogen-bond donors (Lipinski definition) is 1. The third-order valence-electron chi connectivity index (χ3n) is 5.61. The van der Waals surface area contributed by atoms with Crippen molar-refractivity contribution in [2.45, 2.75) is 25.0 Å². The van der Waals surface area contributed by atoms with Gasteiger partial charge in [0.2, 0.25) is 0 Å². The second-order valence-electron chi connectivity index (χ2n) is 7.34. The van der Waals surface area contributed by atoms with Crippen molar-refractivity contribution in [2.75, 3.05) is 0 Å². The van der Waals surface area contributed by atoms with Crippen molar-refractivity contribution < 1.29 is 9.50 Å². The molecule has 0 radical (unpaired) electrons. The summed E-state index contributed by atoms with van der Waals surface area (Å²) in [6, 6.07) is 13.7. The van der Waals surface area contributed by atoms with Crippen LogP contribution in [0.25, 0.3) is 22.6 Å². The summed E-state index contributed by atoms with van der Waals surface area (Å²) in [7, 11) is 0. The first-order valence-electron chi connectivity index (χ1n) is 9.36. The zero-order valence-corrected chi connectivity index (χ0v) is 16.8. The molecule has 0 amide bonds. The maximum atomic E-state index is 13.9. The second-order valence-corrected chi connectivity index (χ2v) is 8.23. The van der Waals surface area contributed by atoms with Gasteiger partial charge in [0.1, 0.15) is 17.7 Å². The van der Waals surface area contributed by atoms with Crippen LogP contribution in [0.3, 0.4) is 0 Å².